The number of hydrogen-bond donors (Lipinski definition) is 3. The molecule has 1 amide bonds. The number of rotatable bonds is 2. The fourth-order valence-corrected chi connectivity index (χ4v) is 0.908. The van der Waals surface area contributed by atoms with E-state index in [1.54, 1.807) is 0 Å². The summed E-state index contributed by atoms with van der Waals surface area (Å²) in [7, 11) is 0. The standard InChI is InChI=1S/C8H8N2O4/c9-4-1-2-5(7(11)12)6(3-4)14-8(10)13/h1-3H,9H2,(H2,10,13)(H,11,12). The molecule has 0 fully saturated rings. The maximum absolute atomic E-state index is 10.6. The number of benzene rings is 1. The Labute approximate surface area is 79.1 Å². The molecule has 5 N–H and O–H groups in total. The molecule has 0 unspecified atom stereocenters. The van der Waals surface area contributed by atoms with Crippen LogP contribution in [-0.2, 0) is 0 Å². The number of carbonyl (C=O) groups excluding carboxylic acids is 1. The fourth-order valence-electron chi connectivity index (χ4n) is 0.908. The van der Waals surface area contributed by atoms with E-state index in [1.807, 2.05) is 0 Å². The van der Waals surface area contributed by atoms with E-state index in [2.05, 4.69) is 4.74 Å². The van der Waals surface area contributed by atoms with Gasteiger partial charge < -0.3 is 21.3 Å². The van der Waals surface area contributed by atoms with Crippen LogP contribution in [0, 0.1) is 0 Å². The van der Waals surface area contributed by atoms with Gasteiger partial charge in [0.25, 0.3) is 0 Å². The summed E-state index contributed by atoms with van der Waals surface area (Å²) < 4.78 is 4.47. The Hall–Kier alpha value is -2.24. The molecule has 6 nitrogen and oxygen atoms in total. The van der Waals surface area contributed by atoms with Gasteiger partial charge in [-0.25, -0.2) is 9.59 Å². The summed E-state index contributed by atoms with van der Waals surface area (Å²) in [5, 5.41) is 8.70. The molecule has 6 heteroatoms. The number of amides is 1. The van der Waals surface area contributed by atoms with Crippen LogP contribution in [0.4, 0.5) is 10.5 Å². The van der Waals surface area contributed by atoms with Gasteiger partial charge >= 0.3 is 12.1 Å². The third kappa shape index (κ3) is 2.13. The number of carbonyl (C=O) groups is 2. The number of nitrogen functional groups attached to an aromatic ring is 1. The fraction of sp³-hybridized carbons (Fsp3) is 0. The first-order valence-corrected chi connectivity index (χ1v) is 3.61. The maximum Gasteiger partial charge on any atom is 0.409 e. The Kier molecular flexibility index (Phi) is 2.57. The van der Waals surface area contributed by atoms with Crippen molar-refractivity contribution in [3.8, 4) is 5.75 Å². The van der Waals surface area contributed by atoms with Crippen molar-refractivity contribution < 1.29 is 19.4 Å². The van der Waals surface area contributed by atoms with Crippen LogP contribution in [0.1, 0.15) is 10.4 Å². The first-order valence-electron chi connectivity index (χ1n) is 3.61. The second-order valence-electron chi connectivity index (χ2n) is 2.48. The Morgan fingerprint density at radius 2 is 2.00 bits per heavy atom. The van der Waals surface area contributed by atoms with Crippen LogP contribution in [-0.4, -0.2) is 17.2 Å². The minimum absolute atomic E-state index is 0.162. The van der Waals surface area contributed by atoms with Crippen LogP contribution >= 0.6 is 0 Å². The average Bonchev–Trinajstić information content (AvgIpc) is 2.01. The van der Waals surface area contributed by atoms with Gasteiger partial charge in [0.2, 0.25) is 0 Å². The van der Waals surface area contributed by atoms with Gasteiger partial charge in [-0.05, 0) is 12.1 Å². The summed E-state index contributed by atoms with van der Waals surface area (Å²) >= 11 is 0. The Bertz CT molecular complexity index is 389. The largest absolute Gasteiger partial charge is 0.478 e. The predicted octanol–water partition coefficient (Wildman–Crippen LogP) is 0.425. The van der Waals surface area contributed by atoms with Crippen molar-refractivity contribution >= 4 is 17.7 Å². The van der Waals surface area contributed by atoms with Gasteiger partial charge in [0, 0.05) is 11.8 Å². The summed E-state index contributed by atoms with van der Waals surface area (Å²) in [6.07, 6.45) is -1.09. The van der Waals surface area contributed by atoms with E-state index in [-0.39, 0.29) is 17.0 Å². The molecule has 0 aliphatic carbocycles. The molecule has 0 aromatic heterocycles. The highest BCUT2D eigenvalue weighted by molar-refractivity contribution is 5.92. The number of ether oxygens (including phenoxy) is 1. The minimum Gasteiger partial charge on any atom is -0.478 e. The summed E-state index contributed by atoms with van der Waals surface area (Å²) in [4.78, 5) is 21.1. The van der Waals surface area contributed by atoms with Crippen molar-refractivity contribution in [2.45, 2.75) is 0 Å². The van der Waals surface area contributed by atoms with Gasteiger partial charge in [-0.2, -0.15) is 0 Å². The lowest BCUT2D eigenvalue weighted by molar-refractivity contribution is 0.0694. The molecule has 14 heavy (non-hydrogen) atoms. The van der Waals surface area contributed by atoms with Gasteiger partial charge in [0.1, 0.15) is 11.3 Å². The summed E-state index contributed by atoms with van der Waals surface area (Å²) in [6, 6.07) is 3.83. The molecule has 0 bridgehead atoms. The molecular formula is C8H8N2O4. The lowest BCUT2D eigenvalue weighted by Crippen LogP contribution is -2.18. The van der Waals surface area contributed by atoms with Crippen LogP contribution in [0.25, 0.3) is 0 Å². The van der Waals surface area contributed by atoms with Crippen molar-refractivity contribution in [2.24, 2.45) is 5.73 Å². The molecule has 74 valence electrons. The van der Waals surface area contributed by atoms with E-state index in [0.29, 0.717) is 0 Å². The SMILES string of the molecule is NC(=O)Oc1cc(N)ccc1C(=O)O. The average molecular weight is 196 g/mol. The molecule has 0 aliphatic heterocycles. The number of carboxylic acids is 1. The molecule has 0 radical (unpaired) electrons. The molecule has 0 saturated carbocycles. The van der Waals surface area contributed by atoms with Crippen molar-refractivity contribution in [2.75, 3.05) is 5.73 Å². The summed E-state index contributed by atoms with van der Waals surface area (Å²) in [5.74, 6) is -1.38. The minimum atomic E-state index is -1.22. The van der Waals surface area contributed by atoms with Crippen molar-refractivity contribution in [3.63, 3.8) is 0 Å². The van der Waals surface area contributed by atoms with Gasteiger partial charge in [0.15, 0.2) is 0 Å². The topological polar surface area (TPSA) is 116 Å². The molecule has 0 atom stereocenters. The zero-order valence-electron chi connectivity index (χ0n) is 7.06. The molecule has 1 aromatic rings. The Morgan fingerprint density at radius 1 is 1.36 bits per heavy atom. The van der Waals surface area contributed by atoms with E-state index < -0.39 is 12.1 Å². The molecule has 1 aromatic carbocycles. The van der Waals surface area contributed by atoms with Crippen LogP contribution in [0.2, 0.25) is 0 Å². The van der Waals surface area contributed by atoms with E-state index >= 15 is 0 Å². The van der Waals surface area contributed by atoms with Gasteiger partial charge in [-0.1, -0.05) is 0 Å². The number of primary amides is 1. The van der Waals surface area contributed by atoms with Crippen LogP contribution < -0.4 is 16.2 Å². The number of nitrogens with two attached hydrogens (primary N) is 2. The first kappa shape index (κ1) is 9.85. The van der Waals surface area contributed by atoms with Crippen molar-refractivity contribution in [1.29, 1.82) is 0 Å². The predicted molar refractivity (Wildman–Crippen MR) is 48.0 cm³/mol. The highest BCUT2D eigenvalue weighted by atomic mass is 16.5. The monoisotopic (exact) mass is 196 g/mol. The third-order valence-corrected chi connectivity index (χ3v) is 1.45. The number of aromatic carboxylic acids is 1. The molecule has 1 rings (SSSR count). The second-order valence-corrected chi connectivity index (χ2v) is 2.48. The lowest BCUT2D eigenvalue weighted by Gasteiger charge is -2.05. The Balaban J connectivity index is 3.15. The van der Waals surface area contributed by atoms with Crippen LogP contribution in [0.3, 0.4) is 0 Å². The number of carboxylic acid groups (broad SMARTS) is 1. The van der Waals surface area contributed by atoms with Crippen LogP contribution in [0.5, 0.6) is 5.75 Å². The first-order chi connectivity index (χ1) is 6.50. The van der Waals surface area contributed by atoms with E-state index in [9.17, 15) is 9.59 Å². The zero-order valence-corrected chi connectivity index (χ0v) is 7.06. The van der Waals surface area contributed by atoms with Gasteiger partial charge in [-0.3, -0.25) is 0 Å². The quantitative estimate of drug-likeness (QED) is 0.593. The molecule has 0 aliphatic rings. The lowest BCUT2D eigenvalue weighted by atomic mass is 10.2. The van der Waals surface area contributed by atoms with Gasteiger partial charge in [0.05, 0.1) is 0 Å². The van der Waals surface area contributed by atoms with Crippen molar-refractivity contribution in [1.82, 2.24) is 0 Å². The third-order valence-electron chi connectivity index (χ3n) is 1.45. The van der Waals surface area contributed by atoms with E-state index in [0.717, 1.165) is 0 Å². The van der Waals surface area contributed by atoms with E-state index in [4.69, 9.17) is 16.6 Å². The maximum atomic E-state index is 10.6. The summed E-state index contributed by atoms with van der Waals surface area (Å²) in [5.41, 5.74) is 10.2. The zero-order chi connectivity index (χ0) is 10.7. The second kappa shape index (κ2) is 3.65. The van der Waals surface area contributed by atoms with E-state index in [1.165, 1.54) is 18.2 Å². The molecular weight excluding hydrogens is 188 g/mol. The highest BCUT2D eigenvalue weighted by Crippen LogP contribution is 2.21. The summed E-state index contributed by atoms with van der Waals surface area (Å²) in [6.45, 7) is 0. The van der Waals surface area contributed by atoms with Crippen molar-refractivity contribution in [3.05, 3.63) is 23.8 Å². The highest BCUT2D eigenvalue weighted by Gasteiger charge is 2.13. The normalized spacial score (nSPS) is 9.43. The molecule has 0 heterocycles. The van der Waals surface area contributed by atoms with Gasteiger partial charge in [-0.15, -0.1) is 0 Å². The number of anilines is 1. The smallest absolute Gasteiger partial charge is 0.409 e. The molecule has 0 saturated heterocycles. The Morgan fingerprint density at radius 3 is 2.50 bits per heavy atom. The number of hydrogen-bond acceptors (Lipinski definition) is 4. The molecule has 0 spiro atoms. The van der Waals surface area contributed by atoms with Crippen LogP contribution in [0.15, 0.2) is 18.2 Å².